The first-order valence-electron chi connectivity index (χ1n) is 6.19. The minimum atomic E-state index is -1.12. The van der Waals surface area contributed by atoms with Gasteiger partial charge in [-0.3, -0.25) is 0 Å². The van der Waals surface area contributed by atoms with Gasteiger partial charge in [-0.1, -0.05) is 0 Å². The summed E-state index contributed by atoms with van der Waals surface area (Å²) < 4.78 is 5.44. The predicted molar refractivity (Wildman–Crippen MR) is 73.8 cm³/mol. The van der Waals surface area contributed by atoms with E-state index >= 15 is 0 Å². The van der Waals surface area contributed by atoms with Crippen LogP contribution in [0.3, 0.4) is 0 Å². The Labute approximate surface area is 120 Å². The van der Waals surface area contributed by atoms with Gasteiger partial charge >= 0.3 is 0 Å². The molecule has 0 unspecified atom stereocenters. The average molecular weight is 300 g/mol. The quantitative estimate of drug-likeness (QED) is 0.574. The monoisotopic (exact) mass is 300 g/mol. The molecule has 0 saturated carbocycles. The molecule has 1 saturated heterocycles. The van der Waals surface area contributed by atoms with Crippen molar-refractivity contribution >= 4 is 23.1 Å². The third-order valence-electron chi connectivity index (χ3n) is 3.42. The van der Waals surface area contributed by atoms with Crippen molar-refractivity contribution in [1.82, 2.24) is 9.91 Å². The molecule has 3 aliphatic heterocycles. The molecular weight excluding hydrogens is 284 g/mol. The van der Waals surface area contributed by atoms with Crippen LogP contribution in [0.1, 0.15) is 0 Å². The van der Waals surface area contributed by atoms with Gasteiger partial charge in [-0.2, -0.15) is 5.10 Å². The third kappa shape index (κ3) is 2.21. The highest BCUT2D eigenvalue weighted by molar-refractivity contribution is 8.13. The Morgan fingerprint density at radius 1 is 1.45 bits per heavy atom. The van der Waals surface area contributed by atoms with E-state index in [4.69, 9.17) is 9.84 Å². The summed E-state index contributed by atoms with van der Waals surface area (Å²) in [5.74, 6) is 0.662. The zero-order valence-electron chi connectivity index (χ0n) is 10.8. The number of hydrogen-bond donors (Lipinski definition) is 3. The van der Waals surface area contributed by atoms with Crippen molar-refractivity contribution in [2.24, 2.45) is 10.1 Å². The van der Waals surface area contributed by atoms with Gasteiger partial charge in [-0.05, 0) is 6.26 Å². The summed E-state index contributed by atoms with van der Waals surface area (Å²) in [5, 5.41) is 35.7. The van der Waals surface area contributed by atoms with Crippen LogP contribution < -0.4 is 0 Å². The number of rotatable bonds is 2. The number of ether oxygens (including phenoxy) is 1. The highest BCUT2D eigenvalue weighted by Crippen LogP contribution is 2.28. The van der Waals surface area contributed by atoms with E-state index in [-0.39, 0.29) is 6.61 Å². The normalized spacial score (nSPS) is 36.2. The maximum absolute atomic E-state index is 9.98. The highest BCUT2D eigenvalue weighted by Gasteiger charge is 2.45. The van der Waals surface area contributed by atoms with Gasteiger partial charge in [0.2, 0.25) is 0 Å². The topological polar surface area (TPSA) is 101 Å². The molecule has 0 aromatic rings. The smallest absolute Gasteiger partial charge is 0.166 e. The van der Waals surface area contributed by atoms with Gasteiger partial charge in [0, 0.05) is 0 Å². The van der Waals surface area contributed by atoms with Crippen molar-refractivity contribution in [3.05, 3.63) is 12.0 Å². The molecule has 0 bridgehead atoms. The van der Waals surface area contributed by atoms with Crippen LogP contribution in [0.25, 0.3) is 0 Å². The third-order valence-corrected chi connectivity index (χ3v) is 4.12. The van der Waals surface area contributed by atoms with Crippen LogP contribution in [0.15, 0.2) is 22.1 Å². The molecule has 4 atom stereocenters. The lowest BCUT2D eigenvalue weighted by atomic mass is 10.1. The molecule has 0 aromatic heterocycles. The van der Waals surface area contributed by atoms with Gasteiger partial charge in [0.05, 0.1) is 24.4 Å². The molecule has 3 rings (SSSR count). The second-order valence-corrected chi connectivity index (χ2v) is 5.54. The molecule has 1 fully saturated rings. The van der Waals surface area contributed by atoms with E-state index in [1.54, 1.807) is 27.9 Å². The largest absolute Gasteiger partial charge is 0.394 e. The van der Waals surface area contributed by atoms with Crippen LogP contribution >= 0.6 is 11.8 Å². The minimum absolute atomic E-state index is 0.350. The summed E-state index contributed by atoms with van der Waals surface area (Å²) >= 11 is 1.56. The van der Waals surface area contributed by atoms with Crippen molar-refractivity contribution in [3.63, 3.8) is 0 Å². The van der Waals surface area contributed by atoms with E-state index in [1.165, 1.54) is 6.34 Å². The molecule has 3 heterocycles. The fraction of sp³-hybridized carbons (Fsp3) is 0.636. The Balaban J connectivity index is 1.78. The summed E-state index contributed by atoms with van der Waals surface area (Å²) in [6.45, 7) is 0.282. The summed E-state index contributed by atoms with van der Waals surface area (Å²) in [4.78, 5) is 5.95. The summed E-state index contributed by atoms with van der Waals surface area (Å²) in [6, 6.07) is 0. The van der Waals surface area contributed by atoms with E-state index < -0.39 is 24.5 Å². The Bertz CT molecular complexity index is 483. The Kier molecular flexibility index (Phi) is 3.69. The van der Waals surface area contributed by atoms with Gasteiger partial charge in [0.1, 0.15) is 24.7 Å². The lowest BCUT2D eigenvalue weighted by Gasteiger charge is -2.29. The minimum Gasteiger partial charge on any atom is -0.394 e. The molecule has 20 heavy (non-hydrogen) atoms. The van der Waals surface area contributed by atoms with Crippen LogP contribution in [0.4, 0.5) is 0 Å². The zero-order chi connectivity index (χ0) is 14.3. The van der Waals surface area contributed by atoms with Gasteiger partial charge in [-0.15, -0.1) is 11.8 Å². The number of hydrazone groups is 1. The number of aliphatic hydroxyl groups is 3. The number of nitrogens with zero attached hydrogens (tertiary/aromatic N) is 4. The van der Waals surface area contributed by atoms with Crippen molar-refractivity contribution in [3.8, 4) is 0 Å². The fourth-order valence-corrected chi connectivity index (χ4v) is 2.73. The van der Waals surface area contributed by atoms with Crippen LogP contribution in [0, 0.1) is 0 Å². The molecule has 9 heteroatoms. The number of aliphatic hydroxyl groups excluding tert-OH is 3. The standard InChI is InChI=1S/C11H16N4O4S/c1-20-8-3-15-7(13-8)2-14(5-12-15)11-10(18)9(17)6(4-16)19-11/h2,5-6,9-11,16-18H,3-4H2,1H3/t6-,9-,10-,11-/m1/s1. The van der Waals surface area contributed by atoms with Crippen LogP contribution in [0.5, 0.6) is 0 Å². The van der Waals surface area contributed by atoms with Gasteiger partial charge in [0.15, 0.2) is 12.0 Å². The van der Waals surface area contributed by atoms with Crippen LogP contribution in [0.2, 0.25) is 0 Å². The van der Waals surface area contributed by atoms with Crippen molar-refractivity contribution in [1.29, 1.82) is 0 Å². The van der Waals surface area contributed by atoms with Gasteiger partial charge in [-0.25, -0.2) is 10.0 Å². The van der Waals surface area contributed by atoms with Crippen molar-refractivity contribution < 1.29 is 20.1 Å². The van der Waals surface area contributed by atoms with E-state index in [2.05, 4.69) is 10.1 Å². The maximum Gasteiger partial charge on any atom is 0.166 e. The van der Waals surface area contributed by atoms with E-state index in [9.17, 15) is 10.2 Å². The average Bonchev–Trinajstić information content (AvgIpc) is 3.00. The Morgan fingerprint density at radius 3 is 2.90 bits per heavy atom. The predicted octanol–water partition coefficient (Wildman–Crippen LogP) is -1.44. The first-order valence-corrected chi connectivity index (χ1v) is 7.41. The van der Waals surface area contributed by atoms with E-state index in [0.717, 1.165) is 5.04 Å². The first-order chi connectivity index (χ1) is 9.63. The summed E-state index contributed by atoms with van der Waals surface area (Å²) in [5.41, 5.74) is 0. The molecular formula is C11H16N4O4S. The molecule has 110 valence electrons. The van der Waals surface area contributed by atoms with Crippen molar-refractivity contribution in [2.75, 3.05) is 19.4 Å². The van der Waals surface area contributed by atoms with E-state index in [1.807, 2.05) is 6.26 Å². The SMILES string of the molecule is CSC1=NC2=CN([C@@H]3O[C@H](CO)[C@@H](O)[C@H]3O)C=NN2C1. The molecule has 8 nitrogen and oxygen atoms in total. The highest BCUT2D eigenvalue weighted by atomic mass is 32.2. The molecule has 3 aliphatic rings. The lowest BCUT2D eigenvalue weighted by molar-refractivity contribution is -0.0586. The second kappa shape index (κ2) is 5.34. The molecule has 0 aliphatic carbocycles. The Hall–Kier alpha value is -1.13. The number of fused-ring (bicyclic) bond motifs is 1. The fourth-order valence-electron chi connectivity index (χ4n) is 2.29. The molecule has 0 radical (unpaired) electrons. The summed E-state index contributed by atoms with van der Waals surface area (Å²) in [6.07, 6.45) is 1.35. The van der Waals surface area contributed by atoms with Crippen molar-refractivity contribution in [2.45, 2.75) is 24.5 Å². The lowest BCUT2D eigenvalue weighted by Crippen LogP contribution is -2.42. The van der Waals surface area contributed by atoms with Gasteiger partial charge in [0.25, 0.3) is 0 Å². The van der Waals surface area contributed by atoms with Crippen LogP contribution in [-0.2, 0) is 4.74 Å². The molecule has 0 spiro atoms. The van der Waals surface area contributed by atoms with Gasteiger partial charge < -0.3 is 25.0 Å². The Morgan fingerprint density at radius 2 is 2.25 bits per heavy atom. The number of aliphatic imine (C=N–C) groups is 1. The first kappa shape index (κ1) is 13.8. The molecule has 0 aromatic carbocycles. The van der Waals surface area contributed by atoms with E-state index in [0.29, 0.717) is 12.4 Å². The second-order valence-electron chi connectivity index (χ2n) is 4.66. The molecule has 3 N–H and O–H groups in total. The summed E-state index contributed by atoms with van der Waals surface area (Å²) in [7, 11) is 0. The number of thioether (sulfide) groups is 1. The molecule has 0 amide bonds. The van der Waals surface area contributed by atoms with Crippen LogP contribution in [-0.4, -0.2) is 80.6 Å². The number of hydrogen-bond acceptors (Lipinski definition) is 9. The zero-order valence-corrected chi connectivity index (χ0v) is 11.6. The maximum atomic E-state index is 9.98.